The highest BCUT2D eigenvalue weighted by atomic mass is 35.5. The van der Waals surface area contributed by atoms with Crippen LogP contribution in [0.1, 0.15) is 11.3 Å². The minimum absolute atomic E-state index is 0.533. The number of halogens is 1. The van der Waals surface area contributed by atoms with Gasteiger partial charge in [-0.3, -0.25) is 0 Å². The van der Waals surface area contributed by atoms with Crippen molar-refractivity contribution in [3.63, 3.8) is 0 Å². The number of rotatable bonds is 6. The van der Waals surface area contributed by atoms with E-state index in [1.54, 1.807) is 20.4 Å². The summed E-state index contributed by atoms with van der Waals surface area (Å²) in [6.45, 7) is 1.32. The Morgan fingerprint density at radius 1 is 1.20 bits per heavy atom. The molecule has 2 aromatic rings. The highest BCUT2D eigenvalue weighted by Crippen LogP contribution is 2.35. The lowest BCUT2D eigenvalue weighted by Gasteiger charge is -2.12. The summed E-state index contributed by atoms with van der Waals surface area (Å²) in [5.74, 6) is 1.17. The van der Waals surface area contributed by atoms with Crippen molar-refractivity contribution in [1.29, 1.82) is 0 Å². The number of aromatic nitrogens is 2. The third-order valence-corrected chi connectivity index (χ3v) is 3.05. The minimum Gasteiger partial charge on any atom is -0.493 e. The van der Waals surface area contributed by atoms with Gasteiger partial charge in [-0.15, -0.1) is 0 Å². The van der Waals surface area contributed by atoms with Gasteiger partial charge in [0.1, 0.15) is 6.33 Å². The summed E-state index contributed by atoms with van der Waals surface area (Å²) in [6.07, 6.45) is 3.25. The number of methoxy groups -OCH3 is 2. The molecule has 5 nitrogen and oxygen atoms in total. The molecule has 1 N–H and O–H groups in total. The number of hydrogen-bond acceptors (Lipinski definition) is 5. The van der Waals surface area contributed by atoms with E-state index in [0.717, 1.165) is 11.3 Å². The lowest BCUT2D eigenvalue weighted by molar-refractivity contribution is 0.354. The fraction of sp³-hybridized carbons (Fsp3) is 0.286. The summed E-state index contributed by atoms with van der Waals surface area (Å²) in [4.78, 5) is 8.02. The molecule has 1 aromatic carbocycles. The van der Waals surface area contributed by atoms with Crippen LogP contribution in [0.3, 0.4) is 0 Å². The Hall–Kier alpha value is -1.85. The van der Waals surface area contributed by atoms with Crippen LogP contribution in [-0.2, 0) is 13.1 Å². The quantitative estimate of drug-likeness (QED) is 0.886. The summed E-state index contributed by atoms with van der Waals surface area (Å²) in [6, 6.07) is 5.63. The van der Waals surface area contributed by atoms with E-state index in [-0.39, 0.29) is 0 Å². The van der Waals surface area contributed by atoms with Crippen molar-refractivity contribution in [3.8, 4) is 11.5 Å². The zero-order valence-corrected chi connectivity index (χ0v) is 12.1. The van der Waals surface area contributed by atoms with Crippen molar-refractivity contribution < 1.29 is 9.47 Å². The van der Waals surface area contributed by atoms with E-state index in [1.807, 2.05) is 18.2 Å². The van der Waals surface area contributed by atoms with Crippen molar-refractivity contribution in [1.82, 2.24) is 15.3 Å². The largest absolute Gasteiger partial charge is 0.493 e. The molecule has 1 aromatic heterocycles. The normalized spacial score (nSPS) is 10.3. The Morgan fingerprint density at radius 2 is 2.05 bits per heavy atom. The predicted molar refractivity (Wildman–Crippen MR) is 77.1 cm³/mol. The van der Waals surface area contributed by atoms with Crippen LogP contribution in [0.25, 0.3) is 0 Å². The van der Waals surface area contributed by atoms with Crippen molar-refractivity contribution in [2.24, 2.45) is 0 Å². The molecule has 1 heterocycles. The van der Waals surface area contributed by atoms with Gasteiger partial charge in [-0.25, -0.2) is 9.97 Å². The molecule has 0 amide bonds. The zero-order chi connectivity index (χ0) is 14.4. The van der Waals surface area contributed by atoms with E-state index in [4.69, 9.17) is 21.1 Å². The second-order valence-corrected chi connectivity index (χ2v) is 4.52. The standard InChI is InChI=1S/C14H16ClN3O2/c1-19-13-6-10(5-12(15)14(13)20-2)7-17-8-11-3-4-16-9-18-11/h3-6,9,17H,7-8H2,1-2H3. The fourth-order valence-corrected chi connectivity index (χ4v) is 2.14. The predicted octanol–water partition coefficient (Wildman–Crippen LogP) is 2.44. The molecule has 0 fully saturated rings. The zero-order valence-electron chi connectivity index (χ0n) is 11.4. The van der Waals surface area contributed by atoms with Gasteiger partial charge in [-0.1, -0.05) is 11.6 Å². The Bertz CT molecular complexity index is 564. The minimum atomic E-state index is 0.533. The first kappa shape index (κ1) is 14.6. The fourth-order valence-electron chi connectivity index (χ4n) is 1.83. The van der Waals surface area contributed by atoms with Gasteiger partial charge in [0.25, 0.3) is 0 Å². The molecule has 6 heteroatoms. The molecule has 0 aliphatic rings. The maximum absolute atomic E-state index is 6.16. The Morgan fingerprint density at radius 3 is 2.70 bits per heavy atom. The van der Waals surface area contributed by atoms with Gasteiger partial charge in [0.2, 0.25) is 0 Å². The smallest absolute Gasteiger partial charge is 0.179 e. The van der Waals surface area contributed by atoms with Gasteiger partial charge < -0.3 is 14.8 Å². The molecule has 0 aliphatic carbocycles. The van der Waals surface area contributed by atoms with Crippen molar-refractivity contribution in [3.05, 3.63) is 47.0 Å². The molecule has 0 saturated heterocycles. The van der Waals surface area contributed by atoms with E-state index < -0.39 is 0 Å². The lowest BCUT2D eigenvalue weighted by Crippen LogP contribution is -2.13. The molecule has 106 valence electrons. The average Bonchev–Trinajstić information content (AvgIpc) is 2.47. The van der Waals surface area contributed by atoms with Gasteiger partial charge >= 0.3 is 0 Å². The first-order chi connectivity index (χ1) is 9.74. The summed E-state index contributed by atoms with van der Waals surface area (Å²) in [5, 5.41) is 3.82. The Kier molecular flexibility index (Phi) is 5.15. The van der Waals surface area contributed by atoms with Crippen LogP contribution in [0.5, 0.6) is 11.5 Å². The molecule has 0 atom stereocenters. The molecule has 2 rings (SSSR count). The number of ether oxygens (including phenoxy) is 2. The van der Waals surface area contributed by atoms with Gasteiger partial charge in [0, 0.05) is 19.3 Å². The van der Waals surface area contributed by atoms with E-state index in [1.165, 1.54) is 6.33 Å². The van der Waals surface area contributed by atoms with Crippen LogP contribution in [0.15, 0.2) is 30.7 Å². The lowest BCUT2D eigenvalue weighted by atomic mass is 10.2. The third-order valence-electron chi connectivity index (χ3n) is 2.77. The number of benzene rings is 1. The van der Waals surface area contributed by atoms with Gasteiger partial charge in [-0.05, 0) is 23.8 Å². The molecular formula is C14H16ClN3O2. The average molecular weight is 294 g/mol. The van der Waals surface area contributed by atoms with Crippen LogP contribution in [0.4, 0.5) is 0 Å². The first-order valence-corrected chi connectivity index (χ1v) is 6.48. The molecule has 0 radical (unpaired) electrons. The molecule has 20 heavy (non-hydrogen) atoms. The Labute approximate surface area is 122 Å². The molecule has 0 aliphatic heterocycles. The molecule has 0 saturated carbocycles. The third kappa shape index (κ3) is 3.59. The van der Waals surface area contributed by atoms with E-state index in [9.17, 15) is 0 Å². The maximum Gasteiger partial charge on any atom is 0.179 e. The van der Waals surface area contributed by atoms with E-state index in [0.29, 0.717) is 29.6 Å². The van der Waals surface area contributed by atoms with Crippen molar-refractivity contribution in [2.75, 3.05) is 14.2 Å². The van der Waals surface area contributed by atoms with Gasteiger partial charge in [-0.2, -0.15) is 0 Å². The second-order valence-electron chi connectivity index (χ2n) is 4.12. The molecule has 0 unspecified atom stereocenters. The summed E-state index contributed by atoms with van der Waals surface area (Å²) in [7, 11) is 3.16. The van der Waals surface area contributed by atoms with Crippen LogP contribution in [-0.4, -0.2) is 24.2 Å². The topological polar surface area (TPSA) is 56.3 Å². The van der Waals surface area contributed by atoms with Crippen LogP contribution in [0.2, 0.25) is 5.02 Å². The van der Waals surface area contributed by atoms with E-state index in [2.05, 4.69) is 15.3 Å². The number of hydrogen-bond donors (Lipinski definition) is 1. The second kappa shape index (κ2) is 7.07. The highest BCUT2D eigenvalue weighted by Gasteiger charge is 2.10. The number of nitrogens with zero attached hydrogens (tertiary/aromatic N) is 2. The van der Waals surface area contributed by atoms with Crippen LogP contribution >= 0.6 is 11.6 Å². The summed E-state index contributed by atoms with van der Waals surface area (Å²) < 4.78 is 10.5. The van der Waals surface area contributed by atoms with Crippen LogP contribution < -0.4 is 14.8 Å². The van der Waals surface area contributed by atoms with Crippen molar-refractivity contribution in [2.45, 2.75) is 13.1 Å². The van der Waals surface area contributed by atoms with Gasteiger partial charge in [0.05, 0.1) is 24.9 Å². The molecular weight excluding hydrogens is 278 g/mol. The van der Waals surface area contributed by atoms with E-state index >= 15 is 0 Å². The van der Waals surface area contributed by atoms with Crippen molar-refractivity contribution >= 4 is 11.6 Å². The first-order valence-electron chi connectivity index (χ1n) is 6.10. The Balaban J connectivity index is 2.01. The monoisotopic (exact) mass is 293 g/mol. The maximum atomic E-state index is 6.16. The molecule has 0 spiro atoms. The highest BCUT2D eigenvalue weighted by molar-refractivity contribution is 6.32. The number of nitrogens with one attached hydrogen (secondary N) is 1. The SMILES string of the molecule is COc1cc(CNCc2ccncn2)cc(Cl)c1OC. The summed E-state index contributed by atoms with van der Waals surface area (Å²) >= 11 is 6.16. The van der Waals surface area contributed by atoms with Gasteiger partial charge in [0.15, 0.2) is 11.5 Å². The molecule has 0 bridgehead atoms. The summed E-state index contributed by atoms with van der Waals surface area (Å²) in [5.41, 5.74) is 1.95. The van der Waals surface area contributed by atoms with Crippen LogP contribution in [0, 0.1) is 0 Å².